The Hall–Kier alpha value is -1.75. The number of nitrogens with one attached hydrogen (secondary N) is 1. The molecule has 5 heteroatoms. The van der Waals surface area contributed by atoms with Gasteiger partial charge in [-0.25, -0.2) is 4.39 Å². The molecule has 1 aromatic carbocycles. The molecule has 0 bridgehead atoms. The van der Waals surface area contributed by atoms with Crippen LogP contribution in [0.2, 0.25) is 0 Å². The Morgan fingerprint density at radius 3 is 2.75 bits per heavy atom. The predicted octanol–water partition coefficient (Wildman–Crippen LogP) is 2.44. The highest BCUT2D eigenvalue weighted by Crippen LogP contribution is 2.07. The molecule has 0 atom stereocenters. The molecule has 2 rings (SSSR count). The SMILES string of the molecule is Fc1ccc(Cn2ccc(NC=S)n2)cc1. The number of benzene rings is 1. The van der Waals surface area contributed by atoms with Crippen molar-refractivity contribution in [2.45, 2.75) is 6.54 Å². The van der Waals surface area contributed by atoms with Gasteiger partial charge in [0.1, 0.15) is 5.82 Å². The van der Waals surface area contributed by atoms with E-state index in [4.69, 9.17) is 0 Å². The second-order valence-electron chi connectivity index (χ2n) is 3.29. The van der Waals surface area contributed by atoms with Gasteiger partial charge in [0.05, 0.1) is 12.0 Å². The van der Waals surface area contributed by atoms with Crippen LogP contribution in [0.5, 0.6) is 0 Å². The van der Waals surface area contributed by atoms with E-state index in [1.807, 2.05) is 12.3 Å². The van der Waals surface area contributed by atoms with E-state index in [0.29, 0.717) is 12.4 Å². The Labute approximate surface area is 97.9 Å². The Balaban J connectivity index is 2.08. The molecule has 0 saturated carbocycles. The van der Waals surface area contributed by atoms with Crippen molar-refractivity contribution in [3.05, 3.63) is 47.9 Å². The topological polar surface area (TPSA) is 29.9 Å². The van der Waals surface area contributed by atoms with Gasteiger partial charge in [0.15, 0.2) is 5.82 Å². The van der Waals surface area contributed by atoms with Crippen molar-refractivity contribution >= 4 is 23.5 Å². The van der Waals surface area contributed by atoms with Crippen molar-refractivity contribution in [3.8, 4) is 0 Å². The van der Waals surface area contributed by atoms with E-state index in [0.717, 1.165) is 5.56 Å². The Bertz CT molecular complexity index is 478. The van der Waals surface area contributed by atoms with Crippen LogP contribution in [0.15, 0.2) is 36.5 Å². The van der Waals surface area contributed by atoms with Gasteiger partial charge in [-0.05, 0) is 17.7 Å². The monoisotopic (exact) mass is 235 g/mol. The van der Waals surface area contributed by atoms with E-state index in [1.165, 1.54) is 17.6 Å². The lowest BCUT2D eigenvalue weighted by Gasteiger charge is -2.01. The zero-order valence-corrected chi connectivity index (χ0v) is 9.25. The van der Waals surface area contributed by atoms with E-state index in [1.54, 1.807) is 16.8 Å². The molecular weight excluding hydrogens is 225 g/mol. The van der Waals surface area contributed by atoms with Crippen molar-refractivity contribution in [3.63, 3.8) is 0 Å². The summed E-state index contributed by atoms with van der Waals surface area (Å²) in [6.45, 7) is 0.611. The molecule has 0 unspecified atom stereocenters. The number of thiocarbonyl (C=S) groups is 1. The van der Waals surface area contributed by atoms with Crippen molar-refractivity contribution in [2.75, 3.05) is 5.32 Å². The van der Waals surface area contributed by atoms with Gasteiger partial charge in [-0.15, -0.1) is 0 Å². The fraction of sp³-hybridized carbons (Fsp3) is 0.0909. The van der Waals surface area contributed by atoms with Crippen LogP contribution >= 0.6 is 12.2 Å². The fourth-order valence-electron chi connectivity index (χ4n) is 1.36. The smallest absolute Gasteiger partial charge is 0.152 e. The number of hydrogen-bond acceptors (Lipinski definition) is 2. The summed E-state index contributed by atoms with van der Waals surface area (Å²) in [5, 5.41) is 7.05. The zero-order valence-electron chi connectivity index (χ0n) is 8.43. The summed E-state index contributed by atoms with van der Waals surface area (Å²) >= 11 is 4.66. The van der Waals surface area contributed by atoms with Crippen molar-refractivity contribution < 1.29 is 4.39 Å². The highest BCUT2D eigenvalue weighted by atomic mass is 32.1. The Morgan fingerprint density at radius 2 is 2.06 bits per heavy atom. The summed E-state index contributed by atoms with van der Waals surface area (Å²) in [7, 11) is 0. The first-order chi connectivity index (χ1) is 7.78. The molecule has 1 N–H and O–H groups in total. The molecule has 0 aliphatic carbocycles. The van der Waals surface area contributed by atoms with Crippen LogP contribution in [0.1, 0.15) is 5.56 Å². The number of hydrogen-bond donors (Lipinski definition) is 1. The highest BCUT2D eigenvalue weighted by Gasteiger charge is 1.98. The average molecular weight is 235 g/mol. The number of aromatic nitrogens is 2. The van der Waals surface area contributed by atoms with E-state index in [-0.39, 0.29) is 5.82 Å². The maximum absolute atomic E-state index is 12.7. The zero-order chi connectivity index (χ0) is 11.4. The summed E-state index contributed by atoms with van der Waals surface area (Å²) in [5.41, 5.74) is 2.41. The van der Waals surface area contributed by atoms with E-state index in [2.05, 4.69) is 22.6 Å². The second-order valence-corrected chi connectivity index (χ2v) is 3.52. The number of halogens is 1. The van der Waals surface area contributed by atoms with Gasteiger partial charge in [-0.2, -0.15) is 5.10 Å². The molecule has 0 aliphatic rings. The van der Waals surface area contributed by atoms with Gasteiger partial charge in [-0.1, -0.05) is 24.4 Å². The molecule has 0 saturated heterocycles. The summed E-state index contributed by atoms with van der Waals surface area (Å²) in [6, 6.07) is 8.18. The normalized spacial score (nSPS) is 10.1. The Morgan fingerprint density at radius 1 is 1.31 bits per heavy atom. The standard InChI is InChI=1S/C11H10FN3S/c12-10-3-1-9(2-4-10)7-15-6-5-11(14-15)13-8-16/h1-6,8H,7H2,(H,13,14,16). The third-order valence-electron chi connectivity index (χ3n) is 2.11. The third-order valence-corrected chi connectivity index (χ3v) is 2.22. The lowest BCUT2D eigenvalue weighted by Crippen LogP contribution is -2.01. The molecular formula is C11H10FN3S. The van der Waals surface area contributed by atoms with E-state index >= 15 is 0 Å². The van der Waals surface area contributed by atoms with Gasteiger partial charge in [-0.3, -0.25) is 4.68 Å². The number of nitrogens with zero attached hydrogens (tertiary/aromatic N) is 2. The minimum Gasteiger partial charge on any atom is -0.336 e. The maximum Gasteiger partial charge on any atom is 0.152 e. The molecule has 0 fully saturated rings. The number of anilines is 1. The van der Waals surface area contributed by atoms with Crippen molar-refractivity contribution in [1.82, 2.24) is 9.78 Å². The third kappa shape index (κ3) is 2.64. The highest BCUT2D eigenvalue weighted by molar-refractivity contribution is 7.79. The van der Waals surface area contributed by atoms with Crippen LogP contribution in [0.25, 0.3) is 0 Å². The van der Waals surface area contributed by atoms with Crippen LogP contribution in [0.3, 0.4) is 0 Å². The molecule has 3 nitrogen and oxygen atoms in total. The minimum atomic E-state index is -0.229. The average Bonchev–Trinajstić information content (AvgIpc) is 2.70. The second kappa shape index (κ2) is 4.85. The molecule has 0 aliphatic heterocycles. The van der Waals surface area contributed by atoms with Gasteiger partial charge in [0.2, 0.25) is 0 Å². The molecule has 16 heavy (non-hydrogen) atoms. The summed E-state index contributed by atoms with van der Waals surface area (Å²) < 4.78 is 14.4. The molecule has 82 valence electrons. The predicted molar refractivity (Wildman–Crippen MR) is 65.0 cm³/mol. The van der Waals surface area contributed by atoms with Crippen LogP contribution in [0, 0.1) is 5.82 Å². The quantitative estimate of drug-likeness (QED) is 0.825. The summed E-state index contributed by atoms with van der Waals surface area (Å²) in [4.78, 5) is 0. The lowest BCUT2D eigenvalue weighted by atomic mass is 10.2. The lowest BCUT2D eigenvalue weighted by molar-refractivity contribution is 0.624. The summed E-state index contributed by atoms with van der Waals surface area (Å²) in [6.07, 6.45) is 1.84. The minimum absolute atomic E-state index is 0.229. The van der Waals surface area contributed by atoms with Crippen LogP contribution in [-0.2, 0) is 6.54 Å². The first-order valence-corrected chi connectivity index (χ1v) is 5.23. The van der Waals surface area contributed by atoms with Gasteiger partial charge < -0.3 is 5.32 Å². The molecule has 0 spiro atoms. The molecule has 2 aromatic rings. The van der Waals surface area contributed by atoms with Crippen molar-refractivity contribution in [2.24, 2.45) is 0 Å². The van der Waals surface area contributed by atoms with Gasteiger partial charge in [0.25, 0.3) is 0 Å². The van der Waals surface area contributed by atoms with E-state index < -0.39 is 0 Å². The van der Waals surface area contributed by atoms with Gasteiger partial charge in [0, 0.05) is 12.3 Å². The molecule has 1 aromatic heterocycles. The van der Waals surface area contributed by atoms with Crippen molar-refractivity contribution in [1.29, 1.82) is 0 Å². The van der Waals surface area contributed by atoms with Crippen LogP contribution in [0.4, 0.5) is 10.2 Å². The molecule has 0 amide bonds. The van der Waals surface area contributed by atoms with Crippen LogP contribution < -0.4 is 5.32 Å². The summed E-state index contributed by atoms with van der Waals surface area (Å²) in [5.74, 6) is 0.476. The van der Waals surface area contributed by atoms with E-state index in [9.17, 15) is 4.39 Å². The molecule has 1 heterocycles. The van der Waals surface area contributed by atoms with Gasteiger partial charge >= 0.3 is 0 Å². The largest absolute Gasteiger partial charge is 0.336 e. The molecule has 0 radical (unpaired) electrons. The maximum atomic E-state index is 12.7. The number of rotatable bonds is 4. The first kappa shape index (κ1) is 10.8. The fourth-order valence-corrected chi connectivity index (χ4v) is 1.48. The first-order valence-electron chi connectivity index (χ1n) is 4.76. The Kier molecular flexibility index (Phi) is 3.26. The van der Waals surface area contributed by atoms with Crippen LogP contribution in [-0.4, -0.2) is 15.3 Å².